The lowest BCUT2D eigenvalue weighted by Gasteiger charge is -2.20. The second-order valence-corrected chi connectivity index (χ2v) is 6.31. The molecule has 0 spiro atoms. The molecule has 9 nitrogen and oxygen atoms in total. The molecule has 9 heteroatoms. The van der Waals surface area contributed by atoms with Crippen LogP contribution in [0.25, 0.3) is 0 Å². The largest absolute Gasteiger partial charge is 0.497 e. The fourth-order valence-corrected chi connectivity index (χ4v) is 2.85. The lowest BCUT2D eigenvalue weighted by Crippen LogP contribution is -2.38. The molecule has 1 aliphatic heterocycles. The number of nitrogens with one attached hydrogen (secondary N) is 1. The first-order valence-electron chi connectivity index (χ1n) is 8.90. The zero-order valence-corrected chi connectivity index (χ0v) is 16.5. The van der Waals surface area contributed by atoms with Crippen molar-refractivity contribution < 1.29 is 33.3 Å². The summed E-state index contributed by atoms with van der Waals surface area (Å²) in [5.74, 6) is -0.818. The van der Waals surface area contributed by atoms with Crippen LogP contribution in [0.2, 0.25) is 0 Å². The maximum Gasteiger partial charge on any atom is 0.312 e. The molecule has 1 saturated heterocycles. The minimum Gasteiger partial charge on any atom is -0.497 e. The number of carbonyl (C=O) groups is 3. The van der Waals surface area contributed by atoms with Crippen molar-refractivity contribution >= 4 is 23.5 Å². The Balaban J connectivity index is 2.00. The summed E-state index contributed by atoms with van der Waals surface area (Å²) in [5.41, 5.74) is 0.550. The van der Waals surface area contributed by atoms with Crippen molar-refractivity contribution in [2.24, 2.45) is 5.92 Å². The Kier molecular flexibility index (Phi) is 7.62. The Morgan fingerprint density at radius 3 is 2.64 bits per heavy atom. The van der Waals surface area contributed by atoms with Crippen LogP contribution in [0.5, 0.6) is 11.5 Å². The van der Waals surface area contributed by atoms with Crippen LogP contribution in [0, 0.1) is 5.92 Å². The van der Waals surface area contributed by atoms with Gasteiger partial charge < -0.3 is 29.2 Å². The summed E-state index contributed by atoms with van der Waals surface area (Å²) in [5, 5.41) is 2.60. The van der Waals surface area contributed by atoms with Crippen LogP contribution in [-0.2, 0) is 23.9 Å². The maximum atomic E-state index is 12.4. The Bertz CT molecular complexity index is 722. The standard InChI is InChI=1S/C19H26N2O7/c1-12(18(23)20-7-8-25-2)28-19(24)13-9-17(22)21(11-13)15-6-5-14(26-3)10-16(15)27-4/h5-6,10,12-13H,7-9,11H2,1-4H3,(H,20,23)/t12-,13-/m1/s1. The van der Waals surface area contributed by atoms with E-state index in [4.69, 9.17) is 18.9 Å². The zero-order valence-electron chi connectivity index (χ0n) is 16.5. The van der Waals surface area contributed by atoms with E-state index in [0.29, 0.717) is 30.3 Å². The quantitative estimate of drug-likeness (QED) is 0.487. The molecule has 0 saturated carbocycles. The van der Waals surface area contributed by atoms with E-state index in [1.54, 1.807) is 18.2 Å². The number of esters is 1. The summed E-state index contributed by atoms with van der Waals surface area (Å²) in [6.07, 6.45) is -0.949. The molecule has 28 heavy (non-hydrogen) atoms. The van der Waals surface area contributed by atoms with Crippen LogP contribution < -0.4 is 19.7 Å². The SMILES string of the molecule is COCCNC(=O)[C@@H](C)OC(=O)[C@@H]1CC(=O)N(c2ccc(OC)cc2OC)C1. The monoisotopic (exact) mass is 394 g/mol. The molecule has 0 bridgehead atoms. The Hall–Kier alpha value is -2.81. The molecule has 1 aromatic rings. The number of nitrogens with zero attached hydrogens (tertiary/aromatic N) is 1. The Morgan fingerprint density at radius 2 is 2.00 bits per heavy atom. The predicted octanol–water partition coefficient (Wildman–Crippen LogP) is 0.751. The van der Waals surface area contributed by atoms with Crippen LogP contribution in [0.3, 0.4) is 0 Å². The summed E-state index contributed by atoms with van der Waals surface area (Å²) >= 11 is 0. The van der Waals surface area contributed by atoms with Gasteiger partial charge >= 0.3 is 5.97 Å². The van der Waals surface area contributed by atoms with Gasteiger partial charge in [-0.3, -0.25) is 14.4 Å². The van der Waals surface area contributed by atoms with E-state index >= 15 is 0 Å². The summed E-state index contributed by atoms with van der Waals surface area (Å²) in [6, 6.07) is 5.08. The zero-order chi connectivity index (χ0) is 20.7. The third-order valence-corrected chi connectivity index (χ3v) is 4.40. The molecule has 1 heterocycles. The van der Waals surface area contributed by atoms with Gasteiger partial charge in [-0.15, -0.1) is 0 Å². The molecule has 0 radical (unpaired) electrons. The minimum absolute atomic E-state index is 0.00598. The van der Waals surface area contributed by atoms with Crippen molar-refractivity contribution in [3.8, 4) is 11.5 Å². The number of carbonyl (C=O) groups excluding carboxylic acids is 3. The average Bonchev–Trinajstić information content (AvgIpc) is 3.09. The van der Waals surface area contributed by atoms with Gasteiger partial charge in [-0.05, 0) is 19.1 Å². The van der Waals surface area contributed by atoms with Gasteiger partial charge in [0.2, 0.25) is 5.91 Å². The molecular formula is C19H26N2O7. The Morgan fingerprint density at radius 1 is 1.25 bits per heavy atom. The van der Waals surface area contributed by atoms with Gasteiger partial charge in [0.15, 0.2) is 6.10 Å². The van der Waals surface area contributed by atoms with Crippen molar-refractivity contribution in [3.63, 3.8) is 0 Å². The number of ether oxygens (including phenoxy) is 4. The van der Waals surface area contributed by atoms with Gasteiger partial charge in [-0.25, -0.2) is 0 Å². The van der Waals surface area contributed by atoms with Crippen molar-refractivity contribution in [3.05, 3.63) is 18.2 Å². The van der Waals surface area contributed by atoms with Crippen LogP contribution in [0.4, 0.5) is 5.69 Å². The predicted molar refractivity (Wildman–Crippen MR) is 100 cm³/mol. The first-order valence-corrected chi connectivity index (χ1v) is 8.90. The molecule has 154 valence electrons. The molecule has 0 aliphatic carbocycles. The van der Waals surface area contributed by atoms with Crippen molar-refractivity contribution in [1.82, 2.24) is 5.32 Å². The minimum atomic E-state index is -0.955. The second-order valence-electron chi connectivity index (χ2n) is 6.31. The number of rotatable bonds is 9. The number of benzene rings is 1. The van der Waals surface area contributed by atoms with E-state index in [0.717, 1.165) is 0 Å². The van der Waals surface area contributed by atoms with E-state index in [-0.39, 0.29) is 18.9 Å². The van der Waals surface area contributed by atoms with Gasteiger partial charge in [-0.2, -0.15) is 0 Å². The number of hydrogen-bond donors (Lipinski definition) is 1. The highest BCUT2D eigenvalue weighted by Crippen LogP contribution is 2.36. The van der Waals surface area contributed by atoms with E-state index in [9.17, 15) is 14.4 Å². The van der Waals surface area contributed by atoms with Gasteiger partial charge in [-0.1, -0.05) is 0 Å². The highest BCUT2D eigenvalue weighted by molar-refractivity contribution is 6.00. The number of amides is 2. The molecule has 2 rings (SSSR count). The Labute approximate surface area is 163 Å². The number of methoxy groups -OCH3 is 3. The molecule has 2 atom stereocenters. The van der Waals surface area contributed by atoms with Crippen molar-refractivity contribution in [2.75, 3.05) is 45.9 Å². The molecule has 0 aromatic heterocycles. The lowest BCUT2D eigenvalue weighted by atomic mass is 10.1. The highest BCUT2D eigenvalue weighted by Gasteiger charge is 2.38. The molecular weight excluding hydrogens is 368 g/mol. The second kappa shape index (κ2) is 9.93. The summed E-state index contributed by atoms with van der Waals surface area (Å²) in [4.78, 5) is 38.2. The number of hydrogen-bond acceptors (Lipinski definition) is 7. The lowest BCUT2D eigenvalue weighted by molar-refractivity contribution is -0.158. The molecule has 1 fully saturated rings. The first-order chi connectivity index (χ1) is 13.4. The number of anilines is 1. The van der Waals surface area contributed by atoms with Crippen LogP contribution in [0.15, 0.2) is 18.2 Å². The first kappa shape index (κ1) is 21.5. The molecule has 0 unspecified atom stereocenters. The summed E-state index contributed by atoms with van der Waals surface area (Å²) < 4.78 is 20.6. The average molecular weight is 394 g/mol. The van der Waals surface area contributed by atoms with Crippen molar-refractivity contribution in [1.29, 1.82) is 0 Å². The van der Waals surface area contributed by atoms with Crippen LogP contribution in [0.1, 0.15) is 13.3 Å². The van der Waals surface area contributed by atoms with Gasteiger partial charge in [0.05, 0.1) is 32.4 Å². The molecule has 1 N–H and O–H groups in total. The van der Waals surface area contributed by atoms with Crippen molar-refractivity contribution in [2.45, 2.75) is 19.4 Å². The molecule has 1 aliphatic rings. The summed E-state index contributed by atoms with van der Waals surface area (Å²) in [7, 11) is 4.55. The summed E-state index contributed by atoms with van der Waals surface area (Å²) in [6.45, 7) is 2.33. The molecule has 1 aromatic carbocycles. The van der Waals surface area contributed by atoms with E-state index < -0.39 is 23.9 Å². The topological polar surface area (TPSA) is 103 Å². The molecule has 2 amide bonds. The van der Waals surface area contributed by atoms with Gasteiger partial charge in [0.25, 0.3) is 5.91 Å². The van der Waals surface area contributed by atoms with E-state index in [1.165, 1.54) is 33.2 Å². The van der Waals surface area contributed by atoms with E-state index in [1.807, 2.05) is 0 Å². The smallest absolute Gasteiger partial charge is 0.312 e. The fourth-order valence-electron chi connectivity index (χ4n) is 2.85. The fraction of sp³-hybridized carbons (Fsp3) is 0.526. The van der Waals surface area contributed by atoms with Gasteiger partial charge in [0, 0.05) is 32.7 Å². The third-order valence-electron chi connectivity index (χ3n) is 4.40. The highest BCUT2D eigenvalue weighted by atomic mass is 16.5. The maximum absolute atomic E-state index is 12.4. The van der Waals surface area contributed by atoms with E-state index in [2.05, 4.69) is 5.32 Å². The van der Waals surface area contributed by atoms with Gasteiger partial charge in [0.1, 0.15) is 11.5 Å². The van der Waals surface area contributed by atoms with Crippen LogP contribution in [-0.4, -0.2) is 64.9 Å². The normalized spacial score (nSPS) is 17.2. The van der Waals surface area contributed by atoms with Crippen LogP contribution >= 0.6 is 0 Å². The third kappa shape index (κ3) is 5.13.